The molecular weight excluding hydrogens is 200 g/mol. The van der Waals surface area contributed by atoms with Crippen LogP contribution in [0.25, 0.3) is 0 Å². The number of aryl methyl sites for hydroxylation is 2. The smallest absolute Gasteiger partial charge is 0.145 e. The summed E-state index contributed by atoms with van der Waals surface area (Å²) in [4.78, 5) is 3.97. The molecule has 2 rings (SSSR count). The van der Waals surface area contributed by atoms with Crippen molar-refractivity contribution in [3.05, 3.63) is 47.7 Å². The van der Waals surface area contributed by atoms with Crippen LogP contribution in [0.5, 0.6) is 11.5 Å². The van der Waals surface area contributed by atoms with Gasteiger partial charge < -0.3 is 10.5 Å². The highest BCUT2D eigenvalue weighted by molar-refractivity contribution is 5.38. The average Bonchev–Trinajstić information content (AvgIpc) is 2.20. The van der Waals surface area contributed by atoms with E-state index in [-0.39, 0.29) is 0 Å². The van der Waals surface area contributed by atoms with E-state index in [2.05, 4.69) is 11.1 Å². The lowest BCUT2D eigenvalue weighted by atomic mass is 10.1. The maximum absolute atomic E-state index is 5.68. The summed E-state index contributed by atoms with van der Waals surface area (Å²) in [5, 5.41) is 0. The van der Waals surface area contributed by atoms with Gasteiger partial charge in [0.2, 0.25) is 0 Å². The maximum atomic E-state index is 5.68. The van der Waals surface area contributed by atoms with E-state index in [1.807, 2.05) is 26.0 Å². The highest BCUT2D eigenvalue weighted by Crippen LogP contribution is 2.23. The predicted molar refractivity (Wildman–Crippen MR) is 64.6 cm³/mol. The van der Waals surface area contributed by atoms with Gasteiger partial charge in [-0.1, -0.05) is 6.07 Å². The molecule has 16 heavy (non-hydrogen) atoms. The second kappa shape index (κ2) is 4.23. The Bertz CT molecular complexity index is 472. The van der Waals surface area contributed by atoms with Crippen LogP contribution in [0, 0.1) is 13.8 Å². The summed E-state index contributed by atoms with van der Waals surface area (Å²) < 4.78 is 5.68. The van der Waals surface area contributed by atoms with Crippen LogP contribution in [0.1, 0.15) is 11.1 Å². The summed E-state index contributed by atoms with van der Waals surface area (Å²) in [6.45, 7) is 4.09. The number of hydrogen-bond donors (Lipinski definition) is 1. The fourth-order valence-corrected chi connectivity index (χ4v) is 1.58. The molecule has 82 valence electrons. The molecule has 0 aliphatic rings. The van der Waals surface area contributed by atoms with Crippen LogP contribution in [0.3, 0.4) is 0 Å². The molecule has 1 aromatic carbocycles. The number of nitrogens with zero attached hydrogens (tertiary/aromatic N) is 1. The normalized spacial score (nSPS) is 10.1. The second-order valence-electron chi connectivity index (χ2n) is 3.84. The molecule has 0 amide bonds. The van der Waals surface area contributed by atoms with Gasteiger partial charge in [0.1, 0.15) is 17.3 Å². The number of rotatable bonds is 2. The predicted octanol–water partition coefficient (Wildman–Crippen LogP) is 3.07. The minimum absolute atomic E-state index is 0.493. The number of nitrogen functional groups attached to an aromatic ring is 1. The lowest BCUT2D eigenvalue weighted by molar-refractivity contribution is 0.479. The van der Waals surface area contributed by atoms with E-state index in [0.29, 0.717) is 11.6 Å². The molecule has 2 N–H and O–H groups in total. The minimum atomic E-state index is 0.493. The number of ether oxygens (including phenoxy) is 1. The largest absolute Gasteiger partial charge is 0.456 e. The Morgan fingerprint density at radius 3 is 2.25 bits per heavy atom. The number of hydrogen-bond acceptors (Lipinski definition) is 3. The molecule has 0 spiro atoms. The Morgan fingerprint density at radius 1 is 1.00 bits per heavy atom. The molecule has 0 fully saturated rings. The standard InChI is InChI=1S/C13H14N2O/c1-9-5-10(2)7-12(6-9)16-11-3-4-13(14)15-8-11/h3-8H,1-2H3,(H2,14,15). The first-order valence-electron chi connectivity index (χ1n) is 5.11. The van der Waals surface area contributed by atoms with E-state index in [4.69, 9.17) is 10.5 Å². The van der Waals surface area contributed by atoms with Gasteiger partial charge in [-0.05, 0) is 49.2 Å². The molecule has 0 radical (unpaired) electrons. The average molecular weight is 214 g/mol. The highest BCUT2D eigenvalue weighted by atomic mass is 16.5. The zero-order chi connectivity index (χ0) is 11.5. The zero-order valence-electron chi connectivity index (χ0n) is 9.40. The summed E-state index contributed by atoms with van der Waals surface area (Å²) in [7, 11) is 0. The molecule has 0 bridgehead atoms. The van der Waals surface area contributed by atoms with E-state index in [9.17, 15) is 0 Å². The van der Waals surface area contributed by atoms with E-state index in [0.717, 1.165) is 5.75 Å². The lowest BCUT2D eigenvalue weighted by Crippen LogP contribution is -1.91. The van der Waals surface area contributed by atoms with Crippen molar-refractivity contribution in [1.82, 2.24) is 4.98 Å². The molecule has 0 aliphatic carbocycles. The molecule has 1 aromatic heterocycles. The molecule has 1 heterocycles. The summed E-state index contributed by atoms with van der Waals surface area (Å²) in [5.74, 6) is 2.01. The van der Waals surface area contributed by atoms with Gasteiger partial charge in [0.25, 0.3) is 0 Å². The number of anilines is 1. The molecule has 0 unspecified atom stereocenters. The van der Waals surface area contributed by atoms with Crippen molar-refractivity contribution in [3.8, 4) is 11.5 Å². The first-order chi connectivity index (χ1) is 7.63. The van der Waals surface area contributed by atoms with Crippen LogP contribution in [0.4, 0.5) is 5.82 Å². The monoisotopic (exact) mass is 214 g/mol. The van der Waals surface area contributed by atoms with E-state index >= 15 is 0 Å². The van der Waals surface area contributed by atoms with E-state index in [1.165, 1.54) is 11.1 Å². The van der Waals surface area contributed by atoms with Crippen molar-refractivity contribution >= 4 is 5.82 Å². The van der Waals surface area contributed by atoms with Crippen LogP contribution in [0.15, 0.2) is 36.5 Å². The molecule has 0 saturated carbocycles. The van der Waals surface area contributed by atoms with E-state index in [1.54, 1.807) is 18.3 Å². The van der Waals surface area contributed by atoms with Crippen molar-refractivity contribution in [3.63, 3.8) is 0 Å². The summed E-state index contributed by atoms with van der Waals surface area (Å²) in [5.41, 5.74) is 7.86. The minimum Gasteiger partial charge on any atom is -0.456 e. The first kappa shape index (κ1) is 10.5. The molecule has 3 nitrogen and oxygen atoms in total. The van der Waals surface area contributed by atoms with Crippen molar-refractivity contribution < 1.29 is 4.74 Å². The van der Waals surface area contributed by atoms with Crippen LogP contribution in [0.2, 0.25) is 0 Å². The van der Waals surface area contributed by atoms with Gasteiger partial charge in [0.05, 0.1) is 6.20 Å². The Morgan fingerprint density at radius 2 is 1.69 bits per heavy atom. The Hall–Kier alpha value is -2.03. The van der Waals surface area contributed by atoms with Gasteiger partial charge >= 0.3 is 0 Å². The lowest BCUT2D eigenvalue weighted by Gasteiger charge is -2.07. The quantitative estimate of drug-likeness (QED) is 0.835. The third kappa shape index (κ3) is 2.51. The molecule has 2 aromatic rings. The van der Waals surface area contributed by atoms with Crippen LogP contribution in [-0.4, -0.2) is 4.98 Å². The topological polar surface area (TPSA) is 48.1 Å². The number of nitrogens with two attached hydrogens (primary N) is 1. The van der Waals surface area contributed by atoms with Crippen LogP contribution < -0.4 is 10.5 Å². The van der Waals surface area contributed by atoms with Crippen LogP contribution in [-0.2, 0) is 0 Å². The fraction of sp³-hybridized carbons (Fsp3) is 0.154. The molecular formula is C13H14N2O. The summed E-state index contributed by atoms with van der Waals surface area (Å²) in [6, 6.07) is 9.61. The van der Waals surface area contributed by atoms with Gasteiger partial charge in [0.15, 0.2) is 0 Å². The summed E-state index contributed by atoms with van der Waals surface area (Å²) in [6.07, 6.45) is 1.62. The van der Waals surface area contributed by atoms with Crippen molar-refractivity contribution in [2.24, 2.45) is 0 Å². The Labute approximate surface area is 94.9 Å². The second-order valence-corrected chi connectivity index (χ2v) is 3.84. The van der Waals surface area contributed by atoms with E-state index < -0.39 is 0 Å². The summed E-state index contributed by atoms with van der Waals surface area (Å²) >= 11 is 0. The molecule has 0 atom stereocenters. The highest BCUT2D eigenvalue weighted by Gasteiger charge is 1.99. The first-order valence-corrected chi connectivity index (χ1v) is 5.11. The SMILES string of the molecule is Cc1cc(C)cc(Oc2ccc(N)nc2)c1. The van der Waals surface area contributed by atoms with Crippen LogP contribution >= 0.6 is 0 Å². The molecule has 3 heteroatoms. The van der Waals surface area contributed by atoms with Crippen molar-refractivity contribution in [2.75, 3.05) is 5.73 Å². The van der Waals surface area contributed by atoms with Gasteiger partial charge in [0, 0.05) is 0 Å². The maximum Gasteiger partial charge on any atom is 0.145 e. The third-order valence-corrected chi connectivity index (χ3v) is 2.19. The fourth-order valence-electron chi connectivity index (χ4n) is 1.58. The van der Waals surface area contributed by atoms with Gasteiger partial charge in [-0.2, -0.15) is 0 Å². The van der Waals surface area contributed by atoms with Gasteiger partial charge in [-0.15, -0.1) is 0 Å². The Kier molecular flexibility index (Phi) is 2.77. The molecule has 0 aliphatic heterocycles. The van der Waals surface area contributed by atoms with Gasteiger partial charge in [-0.25, -0.2) is 4.98 Å². The van der Waals surface area contributed by atoms with Crippen molar-refractivity contribution in [2.45, 2.75) is 13.8 Å². The third-order valence-electron chi connectivity index (χ3n) is 2.19. The molecule has 0 saturated heterocycles. The zero-order valence-corrected chi connectivity index (χ0v) is 9.40. The Balaban J connectivity index is 2.23. The number of benzene rings is 1. The van der Waals surface area contributed by atoms with Gasteiger partial charge in [-0.3, -0.25) is 0 Å². The number of pyridine rings is 1. The van der Waals surface area contributed by atoms with Crippen molar-refractivity contribution in [1.29, 1.82) is 0 Å². The number of aromatic nitrogens is 1.